The highest BCUT2D eigenvalue weighted by Gasteiger charge is 2.28. The van der Waals surface area contributed by atoms with E-state index in [-0.39, 0.29) is 5.91 Å². The average Bonchev–Trinajstić information content (AvgIpc) is 3.57. The summed E-state index contributed by atoms with van der Waals surface area (Å²) in [5, 5.41) is 21.5. The minimum atomic E-state index is -0.191. The van der Waals surface area contributed by atoms with Crippen molar-refractivity contribution in [3.05, 3.63) is 66.4 Å². The molecule has 0 radical (unpaired) electrons. The molecule has 3 aromatic heterocycles. The Labute approximate surface area is 238 Å². The number of hydrogen-bond donors (Lipinski definition) is 3. The first kappa shape index (κ1) is 25.5. The Morgan fingerprint density at radius 2 is 1.73 bits per heavy atom. The number of amides is 1. The monoisotopic (exact) mass is 550 g/mol. The lowest BCUT2D eigenvalue weighted by molar-refractivity contribution is 0.102. The number of carbonyl (C=O) groups excluding carboxylic acids is 1. The Morgan fingerprint density at radius 1 is 0.951 bits per heavy atom. The van der Waals surface area contributed by atoms with Crippen LogP contribution in [0.2, 0.25) is 0 Å². The van der Waals surface area contributed by atoms with Crippen molar-refractivity contribution in [2.24, 2.45) is 14.1 Å². The molecule has 2 aliphatic rings. The highest BCUT2D eigenvalue weighted by Crippen LogP contribution is 2.32. The fraction of sp³-hybridized carbons (Fsp3) is 0.367. The zero-order valence-corrected chi connectivity index (χ0v) is 23.3. The van der Waals surface area contributed by atoms with Crippen LogP contribution in [0.4, 0.5) is 17.2 Å². The van der Waals surface area contributed by atoms with Crippen LogP contribution < -0.4 is 20.9 Å². The summed E-state index contributed by atoms with van der Waals surface area (Å²) >= 11 is 0. The van der Waals surface area contributed by atoms with Crippen LogP contribution in [0.15, 0.2) is 55.2 Å². The summed E-state index contributed by atoms with van der Waals surface area (Å²) in [6.07, 6.45) is 13.8. The number of nitrogens with zero attached hydrogens (tertiary/aromatic N) is 7. The maximum atomic E-state index is 13.7. The van der Waals surface area contributed by atoms with Crippen molar-refractivity contribution in [3.8, 4) is 0 Å². The van der Waals surface area contributed by atoms with E-state index in [2.05, 4.69) is 42.0 Å². The summed E-state index contributed by atoms with van der Waals surface area (Å²) in [6.45, 7) is 2.48. The van der Waals surface area contributed by atoms with Gasteiger partial charge in [-0.2, -0.15) is 10.2 Å². The lowest BCUT2D eigenvalue weighted by Crippen LogP contribution is -2.43. The van der Waals surface area contributed by atoms with Gasteiger partial charge in [0.2, 0.25) is 0 Å². The van der Waals surface area contributed by atoms with Crippen LogP contribution in [0.3, 0.4) is 0 Å². The zero-order valence-electron chi connectivity index (χ0n) is 23.3. The molecule has 210 valence electrons. The van der Waals surface area contributed by atoms with Crippen molar-refractivity contribution in [1.29, 1.82) is 0 Å². The lowest BCUT2D eigenvalue weighted by atomic mass is 10.0. The van der Waals surface area contributed by atoms with E-state index in [1.807, 2.05) is 44.7 Å². The molecule has 0 unspecified atom stereocenters. The molecule has 11 nitrogen and oxygen atoms in total. The molecule has 0 spiro atoms. The van der Waals surface area contributed by atoms with Gasteiger partial charge in [0.05, 0.1) is 17.3 Å². The van der Waals surface area contributed by atoms with E-state index in [1.54, 1.807) is 28.0 Å². The molecular formula is C30H34N10O. The number of benzene rings is 2. The minimum Gasteiger partial charge on any atom is -0.371 e. The summed E-state index contributed by atoms with van der Waals surface area (Å²) in [4.78, 5) is 24.5. The second-order valence-electron chi connectivity index (χ2n) is 11.2. The normalized spacial score (nSPS) is 16.0. The van der Waals surface area contributed by atoms with Crippen molar-refractivity contribution in [2.75, 3.05) is 28.6 Å². The van der Waals surface area contributed by atoms with Gasteiger partial charge in [-0.05, 0) is 49.9 Å². The topological polar surface area (TPSA) is 118 Å². The average molecular weight is 551 g/mol. The summed E-state index contributed by atoms with van der Waals surface area (Å²) in [7, 11) is 3.80. The number of nitrogens with one attached hydrogen (secondary N) is 3. The van der Waals surface area contributed by atoms with Gasteiger partial charge in [0.25, 0.3) is 5.91 Å². The fourth-order valence-electron chi connectivity index (χ4n) is 5.84. The van der Waals surface area contributed by atoms with Crippen molar-refractivity contribution in [3.63, 3.8) is 0 Å². The fourth-order valence-corrected chi connectivity index (χ4v) is 5.84. The Hall–Kier alpha value is -4.51. The van der Waals surface area contributed by atoms with Crippen molar-refractivity contribution >= 4 is 44.9 Å². The third-order valence-electron chi connectivity index (χ3n) is 7.98. The van der Waals surface area contributed by atoms with Gasteiger partial charge in [-0.25, -0.2) is 4.98 Å². The molecular weight excluding hydrogens is 516 g/mol. The van der Waals surface area contributed by atoms with E-state index < -0.39 is 0 Å². The van der Waals surface area contributed by atoms with Gasteiger partial charge >= 0.3 is 0 Å². The zero-order chi connectivity index (χ0) is 27.9. The number of hydrogen-bond acceptors (Lipinski definition) is 8. The molecule has 0 bridgehead atoms. The number of piperidine rings is 1. The number of rotatable bonds is 8. The van der Waals surface area contributed by atoms with Crippen LogP contribution in [-0.4, -0.2) is 60.6 Å². The first-order valence-electron chi connectivity index (χ1n) is 14.2. The lowest BCUT2D eigenvalue weighted by Gasteiger charge is -2.34. The van der Waals surface area contributed by atoms with E-state index in [1.165, 1.54) is 12.8 Å². The van der Waals surface area contributed by atoms with E-state index >= 15 is 0 Å². The number of aryl methyl sites for hydroxylation is 2. The number of aromatic nitrogens is 6. The SMILES string of the molecule is Cn1cc2cc(NC(=O)c3ccc(N4CCC(NC5CC5)CC4)c4cn(C)nc34)cc(CNc3cnccn3)c2n1. The summed E-state index contributed by atoms with van der Waals surface area (Å²) in [5.74, 6) is 0.482. The highest BCUT2D eigenvalue weighted by atomic mass is 16.1. The van der Waals surface area contributed by atoms with Gasteiger partial charge in [0.1, 0.15) is 11.3 Å². The van der Waals surface area contributed by atoms with Crippen LogP contribution in [-0.2, 0) is 20.6 Å². The van der Waals surface area contributed by atoms with Crippen molar-refractivity contribution in [2.45, 2.75) is 44.3 Å². The Kier molecular flexibility index (Phi) is 6.50. The van der Waals surface area contributed by atoms with Gasteiger partial charge in [-0.3, -0.25) is 19.1 Å². The maximum Gasteiger partial charge on any atom is 0.257 e. The van der Waals surface area contributed by atoms with Gasteiger partial charge in [0.15, 0.2) is 0 Å². The molecule has 7 rings (SSSR count). The molecule has 1 amide bonds. The Bertz CT molecular complexity index is 1710. The second-order valence-corrected chi connectivity index (χ2v) is 11.2. The van der Waals surface area contributed by atoms with Crippen molar-refractivity contribution in [1.82, 2.24) is 34.8 Å². The van der Waals surface area contributed by atoms with E-state index in [0.29, 0.717) is 35.2 Å². The molecule has 1 aliphatic heterocycles. The van der Waals surface area contributed by atoms with Crippen LogP contribution in [0.1, 0.15) is 41.6 Å². The molecule has 1 aliphatic carbocycles. The minimum absolute atomic E-state index is 0.191. The quantitative estimate of drug-likeness (QED) is 0.267. The molecule has 3 N–H and O–H groups in total. The van der Waals surface area contributed by atoms with Gasteiger partial charge in [-0.1, -0.05) is 0 Å². The van der Waals surface area contributed by atoms with E-state index in [4.69, 9.17) is 5.10 Å². The molecule has 2 aromatic carbocycles. The van der Waals surface area contributed by atoms with Crippen LogP contribution in [0.25, 0.3) is 21.8 Å². The molecule has 4 heterocycles. The third-order valence-corrected chi connectivity index (χ3v) is 7.98. The van der Waals surface area contributed by atoms with Crippen LogP contribution in [0.5, 0.6) is 0 Å². The smallest absolute Gasteiger partial charge is 0.257 e. The standard InChI is InChI=1S/C30H34N10O/c1-38-17-20-14-23(13-19(28(20)36-38)15-33-27-16-31-9-10-32-27)35-30(41)24-5-6-26(25-18-39(2)37-29(24)25)40-11-7-22(8-12-40)34-21-3-4-21/h5-6,9-10,13-14,16-18,21-22,34H,3-4,7-8,11-12,15H2,1-2H3,(H,32,33)(H,35,41). The van der Waals surface area contributed by atoms with Gasteiger partial charge < -0.3 is 20.9 Å². The molecule has 11 heteroatoms. The molecule has 1 saturated heterocycles. The molecule has 2 fully saturated rings. The predicted octanol–water partition coefficient (Wildman–Crippen LogP) is 3.84. The molecule has 1 saturated carbocycles. The van der Waals surface area contributed by atoms with Crippen molar-refractivity contribution < 1.29 is 4.79 Å². The number of carbonyl (C=O) groups is 1. The predicted molar refractivity (Wildman–Crippen MR) is 160 cm³/mol. The van der Waals surface area contributed by atoms with Gasteiger partial charge in [0, 0.05) is 98.3 Å². The first-order chi connectivity index (χ1) is 20.0. The Morgan fingerprint density at radius 3 is 2.51 bits per heavy atom. The molecule has 5 aromatic rings. The number of fused-ring (bicyclic) bond motifs is 2. The van der Waals surface area contributed by atoms with Crippen LogP contribution in [0, 0.1) is 0 Å². The summed E-state index contributed by atoms with van der Waals surface area (Å²) in [6, 6.07) is 9.24. The first-order valence-corrected chi connectivity index (χ1v) is 14.2. The largest absolute Gasteiger partial charge is 0.371 e. The number of anilines is 3. The summed E-state index contributed by atoms with van der Waals surface area (Å²) in [5.41, 5.74) is 4.93. The Balaban J connectivity index is 1.13. The van der Waals surface area contributed by atoms with Crippen LogP contribution >= 0.6 is 0 Å². The molecule has 0 atom stereocenters. The summed E-state index contributed by atoms with van der Waals surface area (Å²) < 4.78 is 3.58. The maximum absolute atomic E-state index is 13.7. The molecule has 41 heavy (non-hydrogen) atoms. The third kappa shape index (κ3) is 5.32. The highest BCUT2D eigenvalue weighted by molar-refractivity contribution is 6.14. The second kappa shape index (κ2) is 10.5. The van der Waals surface area contributed by atoms with E-state index in [9.17, 15) is 4.79 Å². The van der Waals surface area contributed by atoms with E-state index in [0.717, 1.165) is 59.5 Å². The van der Waals surface area contributed by atoms with Gasteiger partial charge in [-0.15, -0.1) is 0 Å².